The number of carbonyl (C=O) groups excluding carboxylic acids is 3. The first-order valence-corrected chi connectivity index (χ1v) is 8.93. The number of para-hydroxylation sites is 1. The third-order valence-electron chi connectivity index (χ3n) is 4.68. The predicted molar refractivity (Wildman–Crippen MR) is 95.7 cm³/mol. The van der Waals surface area contributed by atoms with E-state index in [0.717, 1.165) is 0 Å². The second-order valence-corrected chi connectivity index (χ2v) is 6.60. The number of fused-ring (bicyclic) bond motifs is 1. The fourth-order valence-electron chi connectivity index (χ4n) is 2.93. The average Bonchev–Trinajstić information content (AvgIpc) is 2.66. The van der Waals surface area contributed by atoms with Gasteiger partial charge in [-0.05, 0) is 30.9 Å². The van der Waals surface area contributed by atoms with Gasteiger partial charge in [0.1, 0.15) is 6.04 Å². The van der Waals surface area contributed by atoms with Gasteiger partial charge in [0.15, 0.2) is 0 Å². The van der Waals surface area contributed by atoms with Crippen LogP contribution in [-0.2, 0) is 14.4 Å². The van der Waals surface area contributed by atoms with Crippen LogP contribution in [0, 0.1) is 5.92 Å². The van der Waals surface area contributed by atoms with Crippen LogP contribution in [-0.4, -0.2) is 33.4 Å². The van der Waals surface area contributed by atoms with E-state index in [4.69, 9.17) is 0 Å². The monoisotopic (exact) mass is 387 g/mol. The third kappa shape index (κ3) is 4.73. The van der Waals surface area contributed by atoms with E-state index in [9.17, 15) is 29.4 Å². The molecule has 0 unspecified atom stereocenters. The van der Waals surface area contributed by atoms with E-state index in [1.807, 2.05) is 6.92 Å². The van der Waals surface area contributed by atoms with Crippen molar-refractivity contribution >= 4 is 28.7 Å². The number of rotatable bonds is 9. The van der Waals surface area contributed by atoms with Crippen molar-refractivity contribution in [3.8, 4) is 0 Å². The highest BCUT2D eigenvalue weighted by Crippen LogP contribution is 2.21. The molecule has 0 aliphatic rings. The van der Waals surface area contributed by atoms with Crippen LogP contribution in [0.2, 0.25) is 0 Å². The number of benzene rings is 1. The first-order valence-electron chi connectivity index (χ1n) is 8.93. The number of aromatic nitrogens is 2. The number of amides is 1. The largest absolute Gasteiger partial charge is 0.550 e. The van der Waals surface area contributed by atoms with E-state index in [1.54, 1.807) is 31.2 Å². The van der Waals surface area contributed by atoms with Crippen LogP contribution >= 0.6 is 0 Å². The molecule has 3 atom stereocenters. The summed E-state index contributed by atoms with van der Waals surface area (Å²) in [5, 5.41) is 24.5. The van der Waals surface area contributed by atoms with Crippen molar-refractivity contribution in [1.29, 1.82) is 0 Å². The van der Waals surface area contributed by atoms with E-state index in [2.05, 4.69) is 10.3 Å². The lowest BCUT2D eigenvalue weighted by molar-refractivity contribution is -0.310. The molecule has 0 bridgehead atoms. The highest BCUT2D eigenvalue weighted by molar-refractivity contribution is 5.86. The van der Waals surface area contributed by atoms with Crippen LogP contribution in [0.4, 0.5) is 0 Å². The molecule has 150 valence electrons. The minimum absolute atomic E-state index is 0.316. The number of aliphatic carboxylic acids is 2. The Hall–Kier alpha value is -3.23. The Kier molecular flexibility index (Phi) is 6.86. The molecule has 0 spiro atoms. The summed E-state index contributed by atoms with van der Waals surface area (Å²) < 4.78 is 1.18. The fourth-order valence-corrected chi connectivity index (χ4v) is 2.93. The molecule has 2 aromatic rings. The van der Waals surface area contributed by atoms with Crippen LogP contribution in [0.1, 0.15) is 39.2 Å². The summed E-state index contributed by atoms with van der Waals surface area (Å²) in [4.78, 5) is 51.8. The number of carboxylic acid groups (broad SMARTS) is 2. The Labute approximate surface area is 161 Å². The van der Waals surface area contributed by atoms with Crippen molar-refractivity contribution in [2.45, 2.75) is 45.2 Å². The summed E-state index contributed by atoms with van der Waals surface area (Å²) in [6.45, 7) is 3.58. The molecule has 9 nitrogen and oxygen atoms in total. The fraction of sp³-hybridized carbons (Fsp3) is 0.421. The molecular formula is C19H21N3O6-2. The quantitative estimate of drug-likeness (QED) is 0.566. The van der Waals surface area contributed by atoms with Gasteiger partial charge < -0.3 is 25.1 Å². The Bertz CT molecular complexity index is 939. The number of hydrogen-bond donors (Lipinski definition) is 1. The van der Waals surface area contributed by atoms with E-state index >= 15 is 0 Å². The molecule has 2 rings (SSSR count). The summed E-state index contributed by atoms with van der Waals surface area (Å²) in [7, 11) is 0. The van der Waals surface area contributed by atoms with Gasteiger partial charge in [0.2, 0.25) is 5.91 Å². The summed E-state index contributed by atoms with van der Waals surface area (Å²) in [6, 6.07) is 4.16. The van der Waals surface area contributed by atoms with Crippen molar-refractivity contribution in [1.82, 2.24) is 14.9 Å². The number of carboxylic acids is 2. The van der Waals surface area contributed by atoms with Crippen LogP contribution in [0.25, 0.3) is 10.9 Å². The van der Waals surface area contributed by atoms with Crippen molar-refractivity contribution in [2.24, 2.45) is 5.92 Å². The van der Waals surface area contributed by atoms with Crippen molar-refractivity contribution in [3.05, 3.63) is 40.9 Å². The van der Waals surface area contributed by atoms with Gasteiger partial charge in [-0.3, -0.25) is 14.2 Å². The maximum Gasteiger partial charge on any atom is 0.261 e. The predicted octanol–water partition coefficient (Wildman–Crippen LogP) is -1.25. The smallest absolute Gasteiger partial charge is 0.261 e. The number of hydrogen-bond acceptors (Lipinski definition) is 7. The SMILES string of the molecule is CC[C@H](C)[C@@H](C(=O)N[C@@H](CCC(=O)[O-])C(=O)[O-])n1cnc2ccccc2c1=O. The van der Waals surface area contributed by atoms with E-state index < -0.39 is 41.9 Å². The second-order valence-electron chi connectivity index (χ2n) is 6.60. The molecule has 1 aromatic carbocycles. The molecule has 1 aromatic heterocycles. The Balaban J connectivity index is 2.39. The Morgan fingerprint density at radius 3 is 2.50 bits per heavy atom. The van der Waals surface area contributed by atoms with E-state index in [1.165, 1.54) is 10.9 Å². The van der Waals surface area contributed by atoms with Gasteiger partial charge in [0, 0.05) is 5.97 Å². The van der Waals surface area contributed by atoms with Crippen molar-refractivity contribution in [2.75, 3.05) is 0 Å². The highest BCUT2D eigenvalue weighted by atomic mass is 16.4. The maximum absolute atomic E-state index is 12.9. The average molecular weight is 387 g/mol. The number of nitrogens with zero attached hydrogens (tertiary/aromatic N) is 2. The van der Waals surface area contributed by atoms with Gasteiger partial charge in [0.25, 0.3) is 5.56 Å². The van der Waals surface area contributed by atoms with Crippen molar-refractivity contribution in [3.63, 3.8) is 0 Å². The number of nitrogens with one attached hydrogen (secondary N) is 1. The van der Waals surface area contributed by atoms with Crippen LogP contribution in [0.3, 0.4) is 0 Å². The molecule has 1 N–H and O–H groups in total. The second kappa shape index (κ2) is 9.12. The maximum atomic E-state index is 12.9. The zero-order chi connectivity index (χ0) is 20.8. The molecule has 1 heterocycles. The van der Waals surface area contributed by atoms with Crippen LogP contribution in [0.5, 0.6) is 0 Å². The molecule has 0 fully saturated rings. The number of carbonyl (C=O) groups is 3. The molecule has 1 amide bonds. The lowest BCUT2D eigenvalue weighted by Gasteiger charge is -2.28. The first kappa shape index (κ1) is 21.1. The molecule has 0 radical (unpaired) electrons. The minimum atomic E-state index is -1.61. The van der Waals surface area contributed by atoms with Crippen molar-refractivity contribution < 1.29 is 24.6 Å². The first-order chi connectivity index (χ1) is 13.3. The van der Waals surface area contributed by atoms with Gasteiger partial charge in [-0.15, -0.1) is 0 Å². The molecule has 0 aliphatic carbocycles. The molecule has 0 saturated heterocycles. The minimum Gasteiger partial charge on any atom is -0.550 e. The normalized spacial score (nSPS) is 14.2. The summed E-state index contributed by atoms with van der Waals surface area (Å²) in [5.41, 5.74) is 0.0550. The molecular weight excluding hydrogens is 366 g/mol. The Morgan fingerprint density at radius 2 is 1.89 bits per heavy atom. The standard InChI is InChI=1S/C19H23N3O6/c1-3-11(2)16(17(25)21-14(19(27)28)8-9-15(23)24)22-10-20-13-7-5-4-6-12(13)18(22)26/h4-7,10-11,14,16H,3,8-9H2,1-2H3,(H,21,25)(H,23,24)(H,27,28)/p-2/t11-,14-,16-/m0/s1. The van der Waals surface area contributed by atoms with E-state index in [0.29, 0.717) is 17.3 Å². The van der Waals surface area contributed by atoms with Crippen LogP contribution < -0.4 is 21.1 Å². The topological polar surface area (TPSA) is 144 Å². The zero-order valence-corrected chi connectivity index (χ0v) is 15.6. The van der Waals surface area contributed by atoms with Gasteiger partial charge in [-0.1, -0.05) is 32.4 Å². The highest BCUT2D eigenvalue weighted by Gasteiger charge is 2.29. The van der Waals surface area contributed by atoms with Gasteiger partial charge in [0.05, 0.1) is 29.2 Å². The van der Waals surface area contributed by atoms with E-state index in [-0.39, 0.29) is 12.3 Å². The lowest BCUT2D eigenvalue weighted by Crippen LogP contribution is -2.51. The Morgan fingerprint density at radius 1 is 1.21 bits per heavy atom. The summed E-state index contributed by atoms with van der Waals surface area (Å²) in [6.07, 6.45) is 0.863. The molecule has 0 aliphatic heterocycles. The zero-order valence-electron chi connectivity index (χ0n) is 15.6. The summed E-state index contributed by atoms with van der Waals surface area (Å²) >= 11 is 0. The lowest BCUT2D eigenvalue weighted by atomic mass is 9.97. The molecule has 28 heavy (non-hydrogen) atoms. The van der Waals surface area contributed by atoms with Gasteiger partial charge in [-0.25, -0.2) is 4.98 Å². The van der Waals surface area contributed by atoms with Crippen LogP contribution in [0.15, 0.2) is 35.4 Å². The molecule has 9 heteroatoms. The van der Waals surface area contributed by atoms with Gasteiger partial charge in [-0.2, -0.15) is 0 Å². The molecule has 0 saturated carbocycles. The van der Waals surface area contributed by atoms with Gasteiger partial charge >= 0.3 is 0 Å². The third-order valence-corrected chi connectivity index (χ3v) is 4.68. The summed E-state index contributed by atoms with van der Waals surface area (Å²) in [5.74, 6) is -4.08.